The third-order valence-corrected chi connectivity index (χ3v) is 3.54. The standard InChI is InChI=1S/C14H17FN4/c15-10-4-5-13(19-6-2-1-3-7-19)11(8-10)12-9-14(16)18-17-12/h4-5,8-9H,1-3,6-7H2,(H3,16,17,18). The van der Waals surface area contributed by atoms with Gasteiger partial charge >= 0.3 is 0 Å². The van der Waals surface area contributed by atoms with Crippen LogP contribution in [0.2, 0.25) is 0 Å². The second-order valence-corrected chi connectivity index (χ2v) is 4.92. The van der Waals surface area contributed by atoms with Crippen molar-refractivity contribution in [3.63, 3.8) is 0 Å². The Kier molecular flexibility index (Phi) is 3.11. The largest absolute Gasteiger partial charge is 0.382 e. The number of anilines is 2. The molecule has 1 aromatic carbocycles. The summed E-state index contributed by atoms with van der Waals surface area (Å²) >= 11 is 0. The zero-order valence-electron chi connectivity index (χ0n) is 10.7. The molecular weight excluding hydrogens is 243 g/mol. The molecule has 0 atom stereocenters. The molecule has 1 saturated heterocycles. The van der Waals surface area contributed by atoms with Crippen LogP contribution in [0.1, 0.15) is 19.3 Å². The number of H-pyrrole nitrogens is 1. The van der Waals surface area contributed by atoms with Crippen molar-refractivity contribution in [3.05, 3.63) is 30.1 Å². The topological polar surface area (TPSA) is 57.9 Å². The van der Waals surface area contributed by atoms with Crippen molar-refractivity contribution in [2.45, 2.75) is 19.3 Å². The lowest BCUT2D eigenvalue weighted by atomic mass is 10.0. The molecule has 0 amide bonds. The van der Waals surface area contributed by atoms with Gasteiger partial charge in [0.2, 0.25) is 0 Å². The Hall–Kier alpha value is -2.04. The molecule has 19 heavy (non-hydrogen) atoms. The van der Waals surface area contributed by atoms with Crippen molar-refractivity contribution < 1.29 is 4.39 Å². The van der Waals surface area contributed by atoms with Crippen LogP contribution in [-0.2, 0) is 0 Å². The Balaban J connectivity index is 2.03. The molecule has 2 aromatic rings. The normalized spacial score (nSPS) is 15.7. The first kappa shape index (κ1) is 12.0. The number of rotatable bonds is 2. The maximum absolute atomic E-state index is 13.5. The fourth-order valence-corrected chi connectivity index (χ4v) is 2.61. The van der Waals surface area contributed by atoms with Crippen molar-refractivity contribution in [3.8, 4) is 11.3 Å². The molecule has 2 heterocycles. The van der Waals surface area contributed by atoms with E-state index < -0.39 is 0 Å². The molecule has 1 aliphatic heterocycles. The predicted molar refractivity (Wildman–Crippen MR) is 74.5 cm³/mol. The highest BCUT2D eigenvalue weighted by molar-refractivity contribution is 5.77. The second kappa shape index (κ2) is 4.91. The van der Waals surface area contributed by atoms with Gasteiger partial charge in [0, 0.05) is 30.4 Å². The Morgan fingerprint density at radius 2 is 1.95 bits per heavy atom. The highest BCUT2D eigenvalue weighted by Crippen LogP contribution is 2.32. The summed E-state index contributed by atoms with van der Waals surface area (Å²) < 4.78 is 13.5. The highest BCUT2D eigenvalue weighted by Gasteiger charge is 2.17. The average Bonchev–Trinajstić information content (AvgIpc) is 2.86. The van der Waals surface area contributed by atoms with Gasteiger partial charge in [0.15, 0.2) is 0 Å². The first-order valence-electron chi connectivity index (χ1n) is 6.60. The van der Waals surface area contributed by atoms with Gasteiger partial charge in [-0.15, -0.1) is 0 Å². The molecule has 3 N–H and O–H groups in total. The lowest BCUT2D eigenvalue weighted by Gasteiger charge is -2.30. The molecule has 4 nitrogen and oxygen atoms in total. The molecule has 0 aliphatic carbocycles. The number of hydrogen-bond donors (Lipinski definition) is 2. The van der Waals surface area contributed by atoms with Crippen molar-refractivity contribution in [1.29, 1.82) is 0 Å². The average molecular weight is 260 g/mol. The van der Waals surface area contributed by atoms with Crippen molar-refractivity contribution in [1.82, 2.24) is 10.2 Å². The van der Waals surface area contributed by atoms with E-state index in [0.29, 0.717) is 5.82 Å². The highest BCUT2D eigenvalue weighted by atomic mass is 19.1. The van der Waals surface area contributed by atoms with Gasteiger partial charge in [-0.1, -0.05) is 0 Å². The van der Waals surface area contributed by atoms with Crippen molar-refractivity contribution >= 4 is 11.5 Å². The summed E-state index contributed by atoms with van der Waals surface area (Å²) in [5, 5.41) is 6.78. The first-order valence-corrected chi connectivity index (χ1v) is 6.60. The van der Waals surface area contributed by atoms with E-state index in [9.17, 15) is 4.39 Å². The van der Waals surface area contributed by atoms with Crippen LogP contribution in [0.4, 0.5) is 15.9 Å². The van der Waals surface area contributed by atoms with Crippen LogP contribution in [0.15, 0.2) is 24.3 Å². The van der Waals surface area contributed by atoms with Crippen LogP contribution in [0.3, 0.4) is 0 Å². The van der Waals surface area contributed by atoms with Crippen LogP contribution < -0.4 is 10.6 Å². The van der Waals surface area contributed by atoms with E-state index in [4.69, 9.17) is 5.73 Å². The van der Waals surface area contributed by atoms with Crippen LogP contribution in [0.5, 0.6) is 0 Å². The number of piperidine rings is 1. The summed E-state index contributed by atoms with van der Waals surface area (Å²) in [6, 6.07) is 6.62. The summed E-state index contributed by atoms with van der Waals surface area (Å²) in [6.07, 6.45) is 3.63. The predicted octanol–water partition coefficient (Wildman–Crippen LogP) is 2.79. The van der Waals surface area contributed by atoms with Crippen molar-refractivity contribution in [2.75, 3.05) is 23.7 Å². The van der Waals surface area contributed by atoms with E-state index >= 15 is 0 Å². The smallest absolute Gasteiger partial charge is 0.145 e. The zero-order valence-corrected chi connectivity index (χ0v) is 10.7. The molecule has 3 rings (SSSR count). The van der Waals surface area contributed by atoms with E-state index in [1.54, 1.807) is 6.07 Å². The van der Waals surface area contributed by atoms with E-state index in [-0.39, 0.29) is 5.82 Å². The Morgan fingerprint density at radius 3 is 2.63 bits per heavy atom. The first-order chi connectivity index (χ1) is 9.24. The number of nitrogens with zero attached hydrogens (tertiary/aromatic N) is 2. The van der Waals surface area contributed by atoms with Gasteiger partial charge in [-0.3, -0.25) is 5.10 Å². The molecule has 1 fully saturated rings. The molecule has 0 unspecified atom stereocenters. The van der Waals surface area contributed by atoms with Crippen LogP contribution in [0, 0.1) is 5.82 Å². The molecule has 1 aromatic heterocycles. The number of aromatic nitrogens is 2. The third kappa shape index (κ3) is 2.41. The van der Waals surface area contributed by atoms with E-state index in [2.05, 4.69) is 15.1 Å². The van der Waals surface area contributed by atoms with E-state index in [1.807, 2.05) is 6.07 Å². The second-order valence-electron chi connectivity index (χ2n) is 4.92. The summed E-state index contributed by atoms with van der Waals surface area (Å²) in [7, 11) is 0. The Labute approximate surface area is 111 Å². The minimum atomic E-state index is -0.246. The van der Waals surface area contributed by atoms with Gasteiger partial charge in [-0.05, 0) is 37.5 Å². The fourth-order valence-electron chi connectivity index (χ4n) is 2.61. The van der Waals surface area contributed by atoms with Crippen LogP contribution >= 0.6 is 0 Å². The maximum atomic E-state index is 13.5. The monoisotopic (exact) mass is 260 g/mol. The van der Waals surface area contributed by atoms with Crippen molar-refractivity contribution in [2.24, 2.45) is 0 Å². The lowest BCUT2D eigenvalue weighted by molar-refractivity contribution is 0.577. The number of nitrogen functional groups attached to an aromatic ring is 1. The Morgan fingerprint density at radius 1 is 1.16 bits per heavy atom. The zero-order chi connectivity index (χ0) is 13.2. The minimum Gasteiger partial charge on any atom is -0.382 e. The fraction of sp³-hybridized carbons (Fsp3) is 0.357. The number of aromatic amines is 1. The van der Waals surface area contributed by atoms with Gasteiger partial charge in [0.05, 0.1) is 5.69 Å². The molecule has 1 aliphatic rings. The Bertz CT molecular complexity index is 573. The van der Waals surface area contributed by atoms with Gasteiger partial charge in [0.25, 0.3) is 0 Å². The van der Waals surface area contributed by atoms with Crippen LogP contribution in [-0.4, -0.2) is 23.3 Å². The summed E-state index contributed by atoms with van der Waals surface area (Å²) in [6.45, 7) is 2.03. The van der Waals surface area contributed by atoms with Gasteiger partial charge < -0.3 is 10.6 Å². The molecular formula is C14H17FN4. The number of nitrogens with one attached hydrogen (secondary N) is 1. The number of benzene rings is 1. The molecule has 0 radical (unpaired) electrons. The summed E-state index contributed by atoms with van der Waals surface area (Å²) in [5.74, 6) is 0.174. The molecule has 0 spiro atoms. The maximum Gasteiger partial charge on any atom is 0.145 e. The van der Waals surface area contributed by atoms with E-state index in [0.717, 1.165) is 30.0 Å². The number of nitrogens with two attached hydrogens (primary N) is 1. The number of hydrogen-bond acceptors (Lipinski definition) is 3. The summed E-state index contributed by atoms with van der Waals surface area (Å²) in [5.41, 5.74) is 8.27. The van der Waals surface area contributed by atoms with E-state index in [1.165, 1.54) is 31.4 Å². The van der Waals surface area contributed by atoms with Gasteiger partial charge in [0.1, 0.15) is 11.6 Å². The van der Waals surface area contributed by atoms with Gasteiger partial charge in [-0.2, -0.15) is 5.10 Å². The molecule has 0 bridgehead atoms. The summed E-state index contributed by atoms with van der Waals surface area (Å²) in [4.78, 5) is 2.30. The quantitative estimate of drug-likeness (QED) is 0.873. The SMILES string of the molecule is Nc1cc(-c2cc(F)ccc2N2CCCCC2)[nH]n1. The lowest BCUT2D eigenvalue weighted by Crippen LogP contribution is -2.29. The molecule has 5 heteroatoms. The molecule has 100 valence electrons. The third-order valence-electron chi connectivity index (χ3n) is 3.54. The van der Waals surface area contributed by atoms with Crippen LogP contribution in [0.25, 0.3) is 11.3 Å². The molecule has 0 saturated carbocycles. The minimum absolute atomic E-state index is 0.246. The number of halogens is 1. The van der Waals surface area contributed by atoms with Gasteiger partial charge in [-0.25, -0.2) is 4.39 Å².